The number of nitrogens with one attached hydrogen (secondary N) is 1. The van der Waals surface area contributed by atoms with Gasteiger partial charge in [-0.15, -0.1) is 0 Å². The first-order valence-electron chi connectivity index (χ1n) is 6.19. The van der Waals surface area contributed by atoms with E-state index in [0.29, 0.717) is 16.8 Å². The lowest BCUT2D eigenvalue weighted by Gasteiger charge is -2.13. The van der Waals surface area contributed by atoms with Crippen molar-refractivity contribution in [2.45, 2.75) is 0 Å². The van der Waals surface area contributed by atoms with Crippen LogP contribution >= 0.6 is 0 Å². The lowest BCUT2D eigenvalue weighted by molar-refractivity contribution is 0.102. The van der Waals surface area contributed by atoms with Gasteiger partial charge in [-0.25, -0.2) is 0 Å². The number of para-hydroxylation sites is 1. The molecule has 0 aromatic heterocycles. The van der Waals surface area contributed by atoms with Crippen LogP contribution in [0.1, 0.15) is 15.9 Å². The molecule has 4 nitrogen and oxygen atoms in total. The Hall–Kier alpha value is -2.80. The molecule has 0 heterocycles. The Morgan fingerprint density at radius 2 is 1.90 bits per heavy atom. The van der Waals surface area contributed by atoms with Crippen LogP contribution in [0, 0.1) is 11.3 Å². The maximum Gasteiger partial charge on any atom is 0.255 e. The fourth-order valence-corrected chi connectivity index (χ4v) is 1.81. The van der Waals surface area contributed by atoms with E-state index in [4.69, 9.17) is 5.26 Å². The average Bonchev–Trinajstić information content (AvgIpc) is 2.48. The van der Waals surface area contributed by atoms with E-state index in [-0.39, 0.29) is 5.91 Å². The van der Waals surface area contributed by atoms with Crippen LogP contribution in [0.4, 0.5) is 11.4 Å². The Labute approximate surface area is 118 Å². The Balaban J connectivity index is 2.25. The van der Waals surface area contributed by atoms with Crippen molar-refractivity contribution in [2.75, 3.05) is 24.3 Å². The molecule has 0 aliphatic carbocycles. The fraction of sp³-hybridized carbons (Fsp3) is 0.125. The van der Waals surface area contributed by atoms with Gasteiger partial charge in [-0.05, 0) is 30.3 Å². The molecule has 0 saturated carbocycles. The second kappa shape index (κ2) is 5.89. The van der Waals surface area contributed by atoms with Crippen LogP contribution in [-0.4, -0.2) is 20.0 Å². The van der Waals surface area contributed by atoms with E-state index in [1.165, 1.54) is 0 Å². The highest BCUT2D eigenvalue weighted by Gasteiger charge is 2.09. The first-order chi connectivity index (χ1) is 9.61. The van der Waals surface area contributed by atoms with Gasteiger partial charge in [-0.1, -0.05) is 18.2 Å². The summed E-state index contributed by atoms with van der Waals surface area (Å²) >= 11 is 0. The van der Waals surface area contributed by atoms with Crippen LogP contribution in [0.3, 0.4) is 0 Å². The largest absolute Gasteiger partial charge is 0.378 e. The molecule has 1 amide bonds. The molecule has 0 saturated heterocycles. The molecule has 2 aromatic carbocycles. The zero-order chi connectivity index (χ0) is 14.5. The molecule has 0 spiro atoms. The van der Waals surface area contributed by atoms with Crippen LogP contribution in [0.2, 0.25) is 0 Å². The summed E-state index contributed by atoms with van der Waals surface area (Å²) in [7, 11) is 3.84. The van der Waals surface area contributed by atoms with E-state index in [9.17, 15) is 4.79 Å². The van der Waals surface area contributed by atoms with Gasteiger partial charge in [-0.3, -0.25) is 4.79 Å². The monoisotopic (exact) mass is 265 g/mol. The van der Waals surface area contributed by atoms with Crippen molar-refractivity contribution >= 4 is 17.3 Å². The predicted molar refractivity (Wildman–Crippen MR) is 79.9 cm³/mol. The molecule has 0 aliphatic rings. The third-order valence-electron chi connectivity index (χ3n) is 2.92. The molecular weight excluding hydrogens is 250 g/mol. The smallest absolute Gasteiger partial charge is 0.255 e. The maximum absolute atomic E-state index is 12.2. The number of rotatable bonds is 3. The van der Waals surface area contributed by atoms with E-state index >= 15 is 0 Å². The Bertz CT molecular complexity index is 671. The number of hydrogen-bond acceptors (Lipinski definition) is 3. The van der Waals surface area contributed by atoms with Crippen LogP contribution < -0.4 is 10.2 Å². The van der Waals surface area contributed by atoms with Gasteiger partial charge in [-0.2, -0.15) is 5.26 Å². The Morgan fingerprint density at radius 3 is 2.60 bits per heavy atom. The first-order valence-corrected chi connectivity index (χ1v) is 6.19. The average molecular weight is 265 g/mol. The van der Waals surface area contributed by atoms with E-state index in [1.807, 2.05) is 37.2 Å². The summed E-state index contributed by atoms with van der Waals surface area (Å²) in [4.78, 5) is 14.1. The van der Waals surface area contributed by atoms with Gasteiger partial charge in [0.2, 0.25) is 0 Å². The highest BCUT2D eigenvalue weighted by Crippen LogP contribution is 2.17. The minimum atomic E-state index is -0.226. The van der Waals surface area contributed by atoms with E-state index in [0.717, 1.165) is 5.69 Å². The number of nitrogens with zero attached hydrogens (tertiary/aromatic N) is 2. The van der Waals surface area contributed by atoms with Crippen molar-refractivity contribution in [1.29, 1.82) is 5.26 Å². The van der Waals surface area contributed by atoms with Gasteiger partial charge in [0.15, 0.2) is 0 Å². The second-order valence-electron chi connectivity index (χ2n) is 4.56. The molecule has 2 aromatic rings. The number of benzene rings is 2. The third kappa shape index (κ3) is 2.96. The molecular formula is C16H15N3O. The molecule has 0 radical (unpaired) electrons. The molecule has 100 valence electrons. The molecule has 0 fully saturated rings. The topological polar surface area (TPSA) is 56.1 Å². The second-order valence-corrected chi connectivity index (χ2v) is 4.56. The van der Waals surface area contributed by atoms with E-state index < -0.39 is 0 Å². The normalized spacial score (nSPS) is 9.65. The van der Waals surface area contributed by atoms with Crippen molar-refractivity contribution in [3.63, 3.8) is 0 Å². The van der Waals surface area contributed by atoms with Crippen molar-refractivity contribution < 1.29 is 4.79 Å². The Kier molecular flexibility index (Phi) is 4.02. The van der Waals surface area contributed by atoms with Crippen molar-refractivity contribution in [2.24, 2.45) is 0 Å². The van der Waals surface area contributed by atoms with Gasteiger partial charge in [0.25, 0.3) is 5.91 Å². The van der Waals surface area contributed by atoms with Gasteiger partial charge in [0.05, 0.1) is 11.3 Å². The third-order valence-corrected chi connectivity index (χ3v) is 2.92. The SMILES string of the molecule is CN(C)c1cccc(C(=O)Nc2ccccc2C#N)c1. The zero-order valence-electron chi connectivity index (χ0n) is 11.4. The maximum atomic E-state index is 12.2. The number of hydrogen-bond donors (Lipinski definition) is 1. The van der Waals surface area contributed by atoms with Gasteiger partial charge in [0, 0.05) is 25.3 Å². The summed E-state index contributed by atoms with van der Waals surface area (Å²) in [6.45, 7) is 0. The van der Waals surface area contributed by atoms with Crippen LogP contribution in [0.25, 0.3) is 0 Å². The summed E-state index contributed by atoms with van der Waals surface area (Å²) in [5.41, 5.74) is 2.48. The number of carbonyl (C=O) groups excluding carboxylic acids is 1. The first kappa shape index (κ1) is 13.6. The molecule has 1 N–H and O–H groups in total. The van der Waals surface area contributed by atoms with Crippen molar-refractivity contribution in [3.05, 3.63) is 59.7 Å². The lowest BCUT2D eigenvalue weighted by atomic mass is 10.1. The zero-order valence-corrected chi connectivity index (χ0v) is 11.4. The van der Waals surface area contributed by atoms with Crippen molar-refractivity contribution in [1.82, 2.24) is 0 Å². The summed E-state index contributed by atoms with van der Waals surface area (Å²) in [6.07, 6.45) is 0. The van der Waals surface area contributed by atoms with Gasteiger partial charge >= 0.3 is 0 Å². The number of amides is 1. The highest BCUT2D eigenvalue weighted by atomic mass is 16.1. The minimum absolute atomic E-state index is 0.226. The Morgan fingerprint density at radius 1 is 1.15 bits per heavy atom. The molecule has 0 atom stereocenters. The molecule has 20 heavy (non-hydrogen) atoms. The molecule has 0 bridgehead atoms. The lowest BCUT2D eigenvalue weighted by Crippen LogP contribution is -2.14. The summed E-state index contributed by atoms with van der Waals surface area (Å²) in [5, 5.41) is 11.8. The standard InChI is InChI=1S/C16H15N3O/c1-19(2)14-8-5-7-12(10-14)16(20)18-15-9-4-3-6-13(15)11-17/h3-10H,1-2H3,(H,18,20). The predicted octanol–water partition coefficient (Wildman–Crippen LogP) is 2.88. The number of anilines is 2. The van der Waals surface area contributed by atoms with E-state index in [2.05, 4.69) is 11.4 Å². The van der Waals surface area contributed by atoms with Crippen LogP contribution in [0.5, 0.6) is 0 Å². The molecule has 2 rings (SSSR count). The molecule has 0 aliphatic heterocycles. The quantitative estimate of drug-likeness (QED) is 0.928. The molecule has 0 unspecified atom stereocenters. The fourth-order valence-electron chi connectivity index (χ4n) is 1.81. The molecule has 4 heteroatoms. The number of nitriles is 1. The van der Waals surface area contributed by atoms with Gasteiger partial charge < -0.3 is 10.2 Å². The number of carbonyl (C=O) groups is 1. The van der Waals surface area contributed by atoms with Crippen molar-refractivity contribution in [3.8, 4) is 6.07 Å². The van der Waals surface area contributed by atoms with E-state index in [1.54, 1.807) is 30.3 Å². The summed E-state index contributed by atoms with van der Waals surface area (Å²) < 4.78 is 0. The van der Waals surface area contributed by atoms with Gasteiger partial charge in [0.1, 0.15) is 6.07 Å². The highest BCUT2D eigenvalue weighted by molar-refractivity contribution is 6.05. The summed E-state index contributed by atoms with van der Waals surface area (Å²) in [6, 6.07) is 16.3. The van der Waals surface area contributed by atoms with Crippen LogP contribution in [0.15, 0.2) is 48.5 Å². The van der Waals surface area contributed by atoms with Crippen LogP contribution in [-0.2, 0) is 0 Å². The summed E-state index contributed by atoms with van der Waals surface area (Å²) in [5.74, 6) is -0.226. The minimum Gasteiger partial charge on any atom is -0.378 e.